The first-order valence-electron chi connectivity index (χ1n) is 9.15. The molecule has 1 fully saturated rings. The van der Waals surface area contributed by atoms with Gasteiger partial charge in [-0.1, -0.05) is 30.3 Å². The highest BCUT2D eigenvalue weighted by Crippen LogP contribution is 2.57. The van der Waals surface area contributed by atoms with Crippen LogP contribution < -0.4 is 0 Å². The van der Waals surface area contributed by atoms with E-state index in [0.29, 0.717) is 19.6 Å². The van der Waals surface area contributed by atoms with Crippen LogP contribution in [-0.4, -0.2) is 35.2 Å². The van der Waals surface area contributed by atoms with Crippen LogP contribution >= 0.6 is 0 Å². The first-order chi connectivity index (χ1) is 11.9. The van der Waals surface area contributed by atoms with E-state index in [-0.39, 0.29) is 5.92 Å². The lowest BCUT2D eigenvalue weighted by atomic mass is 10.0. The van der Waals surface area contributed by atoms with Gasteiger partial charge in [0, 0.05) is 5.92 Å². The number of rotatable bonds is 7. The zero-order chi connectivity index (χ0) is 19.6. The molecule has 0 heterocycles. The summed E-state index contributed by atoms with van der Waals surface area (Å²) in [6.45, 7) is 11.8. The van der Waals surface area contributed by atoms with Crippen LogP contribution in [0.5, 0.6) is 0 Å². The van der Waals surface area contributed by atoms with Gasteiger partial charge in [0.1, 0.15) is 11.0 Å². The predicted molar refractivity (Wildman–Crippen MR) is 99.3 cm³/mol. The summed E-state index contributed by atoms with van der Waals surface area (Å²) < 4.78 is 17.0. The molecule has 5 heteroatoms. The van der Waals surface area contributed by atoms with E-state index in [4.69, 9.17) is 14.2 Å². The van der Waals surface area contributed by atoms with Gasteiger partial charge in [0.25, 0.3) is 0 Å². The van der Waals surface area contributed by atoms with Crippen LogP contribution in [0.25, 0.3) is 0 Å². The van der Waals surface area contributed by atoms with E-state index in [0.717, 1.165) is 5.56 Å². The summed E-state index contributed by atoms with van der Waals surface area (Å²) in [6, 6.07) is 9.86. The standard InChI is InChI=1S/C21H32O5/c1-19(2,3)25-17(22)21(18(23)26-20(4,5)6)12-16(21)14-24-13-15-10-8-7-9-11-15/h7-11,16-17,22H,12-14H2,1-6H3/t16-,17?,21-/m0/s1. The van der Waals surface area contributed by atoms with Crippen molar-refractivity contribution in [2.75, 3.05) is 6.61 Å². The Morgan fingerprint density at radius 1 is 1.15 bits per heavy atom. The number of hydrogen-bond donors (Lipinski definition) is 1. The van der Waals surface area contributed by atoms with Gasteiger partial charge in [-0.15, -0.1) is 0 Å². The van der Waals surface area contributed by atoms with E-state index in [1.54, 1.807) is 0 Å². The lowest BCUT2D eigenvalue weighted by Gasteiger charge is -2.31. The van der Waals surface area contributed by atoms with Crippen molar-refractivity contribution in [1.82, 2.24) is 0 Å². The van der Waals surface area contributed by atoms with Crippen LogP contribution in [-0.2, 0) is 25.6 Å². The molecule has 1 N–H and O–H groups in total. The number of hydrogen-bond acceptors (Lipinski definition) is 5. The highest BCUT2D eigenvalue weighted by atomic mass is 16.6. The Kier molecular flexibility index (Phi) is 6.16. The molecule has 0 amide bonds. The molecule has 1 unspecified atom stereocenters. The lowest BCUT2D eigenvalue weighted by molar-refractivity contribution is -0.219. The number of benzene rings is 1. The molecule has 1 aromatic rings. The molecule has 5 nitrogen and oxygen atoms in total. The van der Waals surface area contributed by atoms with E-state index >= 15 is 0 Å². The van der Waals surface area contributed by atoms with Crippen molar-refractivity contribution in [3.8, 4) is 0 Å². The van der Waals surface area contributed by atoms with Gasteiger partial charge in [0.2, 0.25) is 0 Å². The molecule has 1 aliphatic carbocycles. The Bertz CT molecular complexity index is 599. The van der Waals surface area contributed by atoms with Crippen molar-refractivity contribution in [1.29, 1.82) is 0 Å². The molecule has 1 aliphatic rings. The van der Waals surface area contributed by atoms with Crippen molar-refractivity contribution in [2.45, 2.75) is 72.1 Å². The van der Waals surface area contributed by atoms with Crippen molar-refractivity contribution in [2.24, 2.45) is 11.3 Å². The van der Waals surface area contributed by atoms with Gasteiger partial charge in [-0.25, -0.2) is 0 Å². The van der Waals surface area contributed by atoms with Gasteiger partial charge in [-0.2, -0.15) is 0 Å². The fraction of sp³-hybridized carbons (Fsp3) is 0.667. The van der Waals surface area contributed by atoms with E-state index < -0.39 is 28.9 Å². The third-order valence-corrected chi connectivity index (χ3v) is 4.27. The Labute approximate surface area is 156 Å². The monoisotopic (exact) mass is 364 g/mol. The summed E-state index contributed by atoms with van der Waals surface area (Å²) in [6.07, 6.45) is -0.726. The number of carbonyl (C=O) groups is 1. The first kappa shape index (κ1) is 20.9. The summed E-state index contributed by atoms with van der Waals surface area (Å²) in [5.74, 6) is -0.548. The molecule has 0 radical (unpaired) electrons. The fourth-order valence-electron chi connectivity index (χ4n) is 2.92. The average molecular weight is 364 g/mol. The second kappa shape index (κ2) is 7.67. The predicted octanol–water partition coefficient (Wildman–Crippen LogP) is 3.68. The largest absolute Gasteiger partial charge is 0.459 e. The topological polar surface area (TPSA) is 65.0 Å². The molecule has 0 bridgehead atoms. The number of aliphatic hydroxyl groups excluding tert-OH is 1. The Balaban J connectivity index is 2.02. The Hall–Kier alpha value is -1.43. The van der Waals surface area contributed by atoms with Crippen molar-refractivity contribution in [3.05, 3.63) is 35.9 Å². The highest BCUT2D eigenvalue weighted by Gasteiger charge is 2.67. The summed E-state index contributed by atoms with van der Waals surface area (Å²) in [4.78, 5) is 12.8. The molecule has 146 valence electrons. The summed E-state index contributed by atoms with van der Waals surface area (Å²) >= 11 is 0. The van der Waals surface area contributed by atoms with Gasteiger partial charge in [0.15, 0.2) is 6.29 Å². The van der Waals surface area contributed by atoms with Gasteiger partial charge in [0.05, 0.1) is 18.8 Å². The first-order valence-corrected chi connectivity index (χ1v) is 9.15. The summed E-state index contributed by atoms with van der Waals surface area (Å²) in [5.41, 5.74) is -1.17. The van der Waals surface area contributed by atoms with Crippen LogP contribution in [0.4, 0.5) is 0 Å². The number of ether oxygens (including phenoxy) is 3. The minimum absolute atomic E-state index is 0.126. The normalized spacial score (nSPS) is 24.2. The second-order valence-corrected chi connectivity index (χ2v) is 9.03. The maximum atomic E-state index is 12.8. The minimum atomic E-state index is -1.22. The number of aliphatic hydroxyl groups is 1. The molecule has 1 aromatic carbocycles. The SMILES string of the molecule is CC(C)(C)OC(=O)[C@@]1(C(O)OC(C)(C)C)C[C@H]1COCc1ccccc1. The maximum absolute atomic E-state index is 12.8. The van der Waals surface area contributed by atoms with Crippen LogP contribution in [0.3, 0.4) is 0 Å². The summed E-state index contributed by atoms with van der Waals surface area (Å²) in [5, 5.41) is 10.7. The number of carbonyl (C=O) groups excluding carboxylic acids is 1. The van der Waals surface area contributed by atoms with Gasteiger partial charge in [-0.3, -0.25) is 4.79 Å². The van der Waals surface area contributed by atoms with Crippen molar-refractivity contribution < 1.29 is 24.1 Å². The minimum Gasteiger partial charge on any atom is -0.459 e. The van der Waals surface area contributed by atoms with Gasteiger partial charge in [-0.05, 0) is 53.5 Å². The molecule has 0 aromatic heterocycles. The van der Waals surface area contributed by atoms with E-state index in [2.05, 4.69) is 0 Å². The molecule has 3 atom stereocenters. The van der Waals surface area contributed by atoms with E-state index in [1.807, 2.05) is 71.9 Å². The van der Waals surface area contributed by atoms with Crippen LogP contribution in [0, 0.1) is 11.3 Å². The maximum Gasteiger partial charge on any atom is 0.318 e. The molecule has 0 aliphatic heterocycles. The zero-order valence-electron chi connectivity index (χ0n) is 16.7. The highest BCUT2D eigenvalue weighted by molar-refractivity contribution is 5.81. The van der Waals surface area contributed by atoms with Gasteiger partial charge < -0.3 is 19.3 Å². The van der Waals surface area contributed by atoms with Gasteiger partial charge >= 0.3 is 5.97 Å². The molecular weight excluding hydrogens is 332 g/mol. The third kappa shape index (κ3) is 5.53. The van der Waals surface area contributed by atoms with E-state index in [1.165, 1.54) is 0 Å². The van der Waals surface area contributed by atoms with E-state index in [9.17, 15) is 9.90 Å². The molecule has 1 saturated carbocycles. The number of esters is 1. The zero-order valence-corrected chi connectivity index (χ0v) is 16.7. The molecule has 26 heavy (non-hydrogen) atoms. The van der Waals surface area contributed by atoms with Crippen molar-refractivity contribution >= 4 is 5.97 Å². The molecular formula is C21H32O5. The molecule has 0 saturated heterocycles. The van der Waals surface area contributed by atoms with Crippen molar-refractivity contribution in [3.63, 3.8) is 0 Å². The van der Waals surface area contributed by atoms with Crippen LogP contribution in [0.2, 0.25) is 0 Å². The lowest BCUT2D eigenvalue weighted by Crippen LogP contribution is -2.42. The second-order valence-electron chi connectivity index (χ2n) is 9.03. The Morgan fingerprint density at radius 3 is 2.31 bits per heavy atom. The fourth-order valence-corrected chi connectivity index (χ4v) is 2.92. The average Bonchev–Trinajstić information content (AvgIpc) is 3.21. The smallest absolute Gasteiger partial charge is 0.318 e. The quantitative estimate of drug-likeness (QED) is 0.590. The van der Waals surface area contributed by atoms with Crippen LogP contribution in [0.15, 0.2) is 30.3 Å². The molecule has 0 spiro atoms. The Morgan fingerprint density at radius 2 is 1.77 bits per heavy atom. The van der Waals surface area contributed by atoms with Crippen LogP contribution in [0.1, 0.15) is 53.5 Å². The summed E-state index contributed by atoms with van der Waals surface area (Å²) in [7, 11) is 0. The molecule has 2 rings (SSSR count). The third-order valence-electron chi connectivity index (χ3n) is 4.27.